The number of amides is 3. The lowest BCUT2D eigenvalue weighted by atomic mass is 9.87. The van der Waals surface area contributed by atoms with Crippen LogP contribution in [-0.4, -0.2) is 45.9 Å². The molecule has 0 saturated carbocycles. The lowest BCUT2D eigenvalue weighted by Gasteiger charge is -2.50. The van der Waals surface area contributed by atoms with Crippen LogP contribution in [0.4, 0.5) is 0 Å². The van der Waals surface area contributed by atoms with Gasteiger partial charge >= 0.3 is 0 Å². The van der Waals surface area contributed by atoms with Crippen LogP contribution in [0.25, 0.3) is 0 Å². The number of fused-ring (bicyclic) bond motifs is 1. The second-order valence-electron chi connectivity index (χ2n) is 7.52. The molecule has 5 rings (SSSR count). The minimum atomic E-state index is -0.809. The maximum Gasteiger partial charge on any atom is 0.262 e. The van der Waals surface area contributed by atoms with Gasteiger partial charge in [-0.1, -0.05) is 60.7 Å². The number of β-lactam (4-membered cyclic amide) rings is 1. The van der Waals surface area contributed by atoms with E-state index in [1.165, 1.54) is 0 Å². The molecule has 5 nitrogen and oxygen atoms in total. The van der Waals surface area contributed by atoms with Crippen LogP contribution >= 0.6 is 11.8 Å². The minimum Gasteiger partial charge on any atom is -0.330 e. The Labute approximate surface area is 184 Å². The Morgan fingerprint density at radius 1 is 0.677 bits per heavy atom. The molecule has 6 heteroatoms. The van der Waals surface area contributed by atoms with Gasteiger partial charge in [0.25, 0.3) is 11.8 Å². The predicted octanol–water partition coefficient (Wildman–Crippen LogP) is 4.03. The number of carbonyl (C=O) groups is 3. The molecule has 31 heavy (non-hydrogen) atoms. The van der Waals surface area contributed by atoms with Gasteiger partial charge in [-0.3, -0.25) is 19.3 Å². The Hall–Kier alpha value is -3.38. The van der Waals surface area contributed by atoms with E-state index in [2.05, 4.69) is 0 Å². The highest BCUT2D eigenvalue weighted by atomic mass is 32.2. The third kappa shape index (κ3) is 3.33. The average molecular weight is 429 g/mol. The molecule has 0 aromatic heterocycles. The molecule has 3 aromatic carbocycles. The highest BCUT2D eigenvalue weighted by Gasteiger charge is 2.56. The molecule has 1 fully saturated rings. The molecule has 2 atom stereocenters. The standard InChI is InChI=1S/C25H20N2O3S/c28-23-19-13-7-8-14-20(19)24(29)27(23)22-21(17-9-3-1-4-10-17)26(25(22)30)15-16-31-18-11-5-2-6-12-18/h1-14,21-22H,15-16H2/t21-,22+/m0/s1. The van der Waals surface area contributed by atoms with Crippen molar-refractivity contribution in [1.82, 2.24) is 9.80 Å². The fourth-order valence-electron chi connectivity index (χ4n) is 4.28. The van der Waals surface area contributed by atoms with Crippen LogP contribution in [-0.2, 0) is 4.79 Å². The van der Waals surface area contributed by atoms with Crippen molar-refractivity contribution >= 4 is 29.5 Å². The normalized spacial score (nSPS) is 20.1. The molecule has 2 heterocycles. The summed E-state index contributed by atoms with van der Waals surface area (Å²) in [6.07, 6.45) is 0. The van der Waals surface area contributed by atoms with Crippen molar-refractivity contribution in [1.29, 1.82) is 0 Å². The second-order valence-corrected chi connectivity index (χ2v) is 8.69. The van der Waals surface area contributed by atoms with Crippen LogP contribution in [0, 0.1) is 0 Å². The van der Waals surface area contributed by atoms with Crippen LogP contribution in [0.5, 0.6) is 0 Å². The highest BCUT2D eigenvalue weighted by molar-refractivity contribution is 7.99. The van der Waals surface area contributed by atoms with E-state index in [1.807, 2.05) is 60.7 Å². The monoisotopic (exact) mass is 428 g/mol. The van der Waals surface area contributed by atoms with E-state index in [1.54, 1.807) is 40.9 Å². The van der Waals surface area contributed by atoms with E-state index in [-0.39, 0.29) is 11.9 Å². The van der Waals surface area contributed by atoms with Crippen molar-refractivity contribution < 1.29 is 14.4 Å². The first-order valence-electron chi connectivity index (χ1n) is 10.2. The van der Waals surface area contributed by atoms with Crippen LogP contribution in [0.1, 0.15) is 32.3 Å². The quantitative estimate of drug-likeness (QED) is 0.338. The van der Waals surface area contributed by atoms with Crippen molar-refractivity contribution in [3.05, 3.63) is 102 Å². The third-order valence-electron chi connectivity index (χ3n) is 5.76. The summed E-state index contributed by atoms with van der Waals surface area (Å²) in [6.45, 7) is 0.539. The van der Waals surface area contributed by atoms with Gasteiger partial charge in [0, 0.05) is 17.2 Å². The summed E-state index contributed by atoms with van der Waals surface area (Å²) in [5.41, 5.74) is 1.66. The Balaban J connectivity index is 1.40. The zero-order valence-corrected chi connectivity index (χ0v) is 17.5. The van der Waals surface area contributed by atoms with Crippen LogP contribution in [0.3, 0.4) is 0 Å². The molecule has 0 bridgehead atoms. The average Bonchev–Trinajstić information content (AvgIpc) is 3.06. The largest absolute Gasteiger partial charge is 0.330 e. The number of carbonyl (C=O) groups excluding carboxylic acids is 3. The van der Waals surface area contributed by atoms with Gasteiger partial charge in [0.1, 0.15) is 6.04 Å². The predicted molar refractivity (Wildman–Crippen MR) is 119 cm³/mol. The van der Waals surface area contributed by atoms with Gasteiger partial charge in [-0.05, 0) is 29.8 Å². The molecule has 0 spiro atoms. The van der Waals surface area contributed by atoms with Crippen molar-refractivity contribution in [2.24, 2.45) is 0 Å². The van der Waals surface area contributed by atoms with Gasteiger partial charge in [0.15, 0.2) is 0 Å². The number of hydrogen-bond acceptors (Lipinski definition) is 4. The number of imide groups is 1. The Bertz CT molecular complexity index is 1110. The number of benzene rings is 3. The van der Waals surface area contributed by atoms with Gasteiger partial charge in [0.2, 0.25) is 5.91 Å². The fraction of sp³-hybridized carbons (Fsp3) is 0.160. The smallest absolute Gasteiger partial charge is 0.262 e. The third-order valence-corrected chi connectivity index (χ3v) is 6.75. The molecule has 0 radical (unpaired) electrons. The first-order valence-corrected chi connectivity index (χ1v) is 11.2. The molecular formula is C25H20N2O3S. The van der Waals surface area contributed by atoms with E-state index < -0.39 is 17.9 Å². The number of hydrogen-bond donors (Lipinski definition) is 0. The van der Waals surface area contributed by atoms with Crippen LogP contribution in [0.15, 0.2) is 89.8 Å². The second kappa shape index (κ2) is 8.04. The first-order chi connectivity index (χ1) is 15.2. The van der Waals surface area contributed by atoms with E-state index in [0.29, 0.717) is 17.7 Å². The molecule has 2 aliphatic rings. The van der Waals surface area contributed by atoms with E-state index in [0.717, 1.165) is 21.1 Å². The topological polar surface area (TPSA) is 57.7 Å². The van der Waals surface area contributed by atoms with Crippen LogP contribution < -0.4 is 0 Å². The minimum absolute atomic E-state index is 0.183. The molecule has 3 aromatic rings. The Morgan fingerprint density at radius 3 is 1.84 bits per heavy atom. The van der Waals surface area contributed by atoms with Crippen molar-refractivity contribution in [3.63, 3.8) is 0 Å². The summed E-state index contributed by atoms with van der Waals surface area (Å²) < 4.78 is 0. The lowest BCUT2D eigenvalue weighted by molar-refractivity contribution is -0.155. The molecule has 0 aliphatic carbocycles. The number of thioether (sulfide) groups is 1. The van der Waals surface area contributed by atoms with E-state index in [9.17, 15) is 14.4 Å². The molecule has 2 aliphatic heterocycles. The number of rotatable bonds is 6. The van der Waals surface area contributed by atoms with Gasteiger partial charge < -0.3 is 4.90 Å². The van der Waals surface area contributed by atoms with Gasteiger partial charge in [-0.15, -0.1) is 11.8 Å². The number of nitrogens with zero attached hydrogens (tertiary/aromatic N) is 2. The Kier molecular flexibility index (Phi) is 5.08. The fourth-order valence-corrected chi connectivity index (χ4v) is 5.16. The summed E-state index contributed by atoms with van der Waals surface area (Å²) in [6, 6.07) is 25.3. The maximum absolute atomic E-state index is 13.2. The van der Waals surface area contributed by atoms with Crippen molar-refractivity contribution in [2.75, 3.05) is 12.3 Å². The first kappa shape index (κ1) is 19.6. The van der Waals surface area contributed by atoms with Crippen molar-refractivity contribution in [3.8, 4) is 0 Å². The van der Waals surface area contributed by atoms with Gasteiger partial charge in [-0.2, -0.15) is 0 Å². The lowest BCUT2D eigenvalue weighted by Crippen LogP contribution is -2.66. The van der Waals surface area contributed by atoms with Gasteiger partial charge in [-0.25, -0.2) is 0 Å². The van der Waals surface area contributed by atoms with Crippen molar-refractivity contribution in [2.45, 2.75) is 17.0 Å². The summed E-state index contributed by atoms with van der Waals surface area (Å²) in [5.74, 6) is -0.234. The molecular weight excluding hydrogens is 408 g/mol. The molecule has 0 N–H and O–H groups in total. The number of likely N-dealkylation sites (tertiary alicyclic amines) is 1. The SMILES string of the molecule is O=C1[C@H](N2C(=O)c3ccccc3C2=O)[C@H](c2ccccc2)N1CCSc1ccccc1. The zero-order chi connectivity index (χ0) is 21.4. The van der Waals surface area contributed by atoms with Crippen LogP contribution in [0.2, 0.25) is 0 Å². The summed E-state index contributed by atoms with van der Waals surface area (Å²) in [7, 11) is 0. The molecule has 154 valence electrons. The molecule has 3 amide bonds. The summed E-state index contributed by atoms with van der Waals surface area (Å²) in [4.78, 5) is 43.3. The summed E-state index contributed by atoms with van der Waals surface area (Å²) >= 11 is 1.68. The Morgan fingerprint density at radius 2 is 1.23 bits per heavy atom. The van der Waals surface area contributed by atoms with E-state index >= 15 is 0 Å². The zero-order valence-electron chi connectivity index (χ0n) is 16.7. The molecule has 0 unspecified atom stereocenters. The van der Waals surface area contributed by atoms with E-state index in [4.69, 9.17) is 0 Å². The van der Waals surface area contributed by atoms with Gasteiger partial charge in [0.05, 0.1) is 17.2 Å². The molecule has 1 saturated heterocycles. The highest BCUT2D eigenvalue weighted by Crippen LogP contribution is 2.41. The maximum atomic E-state index is 13.2. The summed E-state index contributed by atoms with van der Waals surface area (Å²) in [5, 5.41) is 0.